The minimum absolute atomic E-state index is 0.0708. The highest BCUT2D eigenvalue weighted by Crippen LogP contribution is 2.54. The SMILES string of the molecule is NCC1(C(O)c2cccc3cccnc23)CC2CCC1O2. The van der Waals surface area contributed by atoms with Crippen LogP contribution < -0.4 is 5.73 Å². The molecule has 0 saturated carbocycles. The number of benzene rings is 1. The van der Waals surface area contributed by atoms with E-state index < -0.39 is 6.10 Å². The van der Waals surface area contributed by atoms with Crippen molar-refractivity contribution in [2.75, 3.05) is 6.54 Å². The van der Waals surface area contributed by atoms with Crippen molar-refractivity contribution in [1.29, 1.82) is 0 Å². The van der Waals surface area contributed by atoms with Crippen LogP contribution >= 0.6 is 0 Å². The van der Waals surface area contributed by atoms with E-state index in [1.807, 2.05) is 30.3 Å². The van der Waals surface area contributed by atoms with Gasteiger partial charge in [0.05, 0.1) is 23.8 Å². The van der Waals surface area contributed by atoms with Gasteiger partial charge >= 0.3 is 0 Å². The molecule has 110 valence electrons. The van der Waals surface area contributed by atoms with Crippen molar-refractivity contribution in [2.24, 2.45) is 11.1 Å². The van der Waals surface area contributed by atoms with Crippen LogP contribution in [0.25, 0.3) is 10.9 Å². The van der Waals surface area contributed by atoms with Crippen molar-refractivity contribution in [3.05, 3.63) is 42.1 Å². The van der Waals surface area contributed by atoms with Crippen molar-refractivity contribution in [1.82, 2.24) is 4.98 Å². The Kier molecular flexibility index (Phi) is 2.99. The molecular weight excluding hydrogens is 264 g/mol. The maximum Gasteiger partial charge on any atom is 0.0905 e. The average molecular weight is 284 g/mol. The van der Waals surface area contributed by atoms with Crippen LogP contribution in [0.3, 0.4) is 0 Å². The van der Waals surface area contributed by atoms with Gasteiger partial charge in [-0.05, 0) is 25.3 Å². The number of pyridine rings is 1. The first-order chi connectivity index (χ1) is 10.2. The van der Waals surface area contributed by atoms with E-state index >= 15 is 0 Å². The molecule has 2 bridgehead atoms. The van der Waals surface area contributed by atoms with Crippen molar-refractivity contribution in [2.45, 2.75) is 37.6 Å². The summed E-state index contributed by atoms with van der Waals surface area (Å²) in [5.41, 5.74) is 7.44. The van der Waals surface area contributed by atoms with Crippen LogP contribution in [-0.2, 0) is 4.74 Å². The van der Waals surface area contributed by atoms with Gasteiger partial charge in [-0.2, -0.15) is 0 Å². The number of nitrogens with two attached hydrogens (primary N) is 1. The van der Waals surface area contributed by atoms with Crippen LogP contribution in [0, 0.1) is 5.41 Å². The fourth-order valence-corrected chi connectivity index (χ4v) is 4.11. The summed E-state index contributed by atoms with van der Waals surface area (Å²) < 4.78 is 5.97. The van der Waals surface area contributed by atoms with E-state index in [-0.39, 0.29) is 17.6 Å². The molecule has 4 atom stereocenters. The molecule has 3 heterocycles. The third-order valence-electron chi connectivity index (χ3n) is 5.24. The number of aromatic nitrogens is 1. The zero-order chi connectivity index (χ0) is 14.4. The van der Waals surface area contributed by atoms with Gasteiger partial charge in [-0.3, -0.25) is 4.98 Å². The third kappa shape index (κ3) is 1.83. The Bertz CT molecular complexity index is 669. The smallest absolute Gasteiger partial charge is 0.0905 e. The fourth-order valence-electron chi connectivity index (χ4n) is 4.11. The molecule has 21 heavy (non-hydrogen) atoms. The second-order valence-corrected chi connectivity index (χ2v) is 6.29. The molecule has 4 heteroatoms. The zero-order valence-corrected chi connectivity index (χ0v) is 11.9. The summed E-state index contributed by atoms with van der Waals surface area (Å²) in [5, 5.41) is 12.1. The molecule has 1 aromatic carbocycles. The molecule has 2 aliphatic rings. The number of rotatable bonds is 3. The summed E-state index contributed by atoms with van der Waals surface area (Å²) in [6.07, 6.45) is 4.40. The van der Waals surface area contributed by atoms with Crippen LogP contribution in [0.1, 0.15) is 30.9 Å². The van der Waals surface area contributed by atoms with E-state index in [4.69, 9.17) is 10.5 Å². The van der Waals surface area contributed by atoms with Gasteiger partial charge in [-0.15, -0.1) is 0 Å². The number of hydrogen-bond donors (Lipinski definition) is 2. The number of hydrogen-bond acceptors (Lipinski definition) is 4. The normalized spacial score (nSPS) is 32.7. The molecule has 4 nitrogen and oxygen atoms in total. The summed E-state index contributed by atoms with van der Waals surface area (Å²) >= 11 is 0. The lowest BCUT2D eigenvalue weighted by molar-refractivity contribution is -0.0257. The molecule has 2 aliphatic heterocycles. The predicted octanol–water partition coefficient (Wildman–Crippen LogP) is 2.16. The maximum absolute atomic E-state index is 11.1. The highest BCUT2D eigenvalue weighted by atomic mass is 16.5. The minimum atomic E-state index is -0.628. The standard InChI is InChI=1S/C17H20N2O2/c18-10-17(9-12-6-7-14(17)21-12)16(20)13-5-1-3-11-4-2-8-19-15(11)13/h1-5,8,12,14,16,20H,6-7,9-10,18H2. The number of fused-ring (bicyclic) bond motifs is 3. The van der Waals surface area contributed by atoms with Gasteiger partial charge in [0.1, 0.15) is 0 Å². The average Bonchev–Trinajstić information content (AvgIpc) is 3.15. The second-order valence-electron chi connectivity index (χ2n) is 6.29. The summed E-state index contributed by atoms with van der Waals surface area (Å²) in [7, 11) is 0. The van der Waals surface area contributed by atoms with Crippen LogP contribution in [0.5, 0.6) is 0 Å². The molecule has 2 aromatic rings. The van der Waals surface area contributed by atoms with Crippen molar-refractivity contribution in [3.8, 4) is 0 Å². The number of ether oxygens (including phenoxy) is 1. The van der Waals surface area contributed by atoms with E-state index in [2.05, 4.69) is 4.98 Å². The second kappa shape index (κ2) is 4.77. The van der Waals surface area contributed by atoms with Gasteiger partial charge in [0.25, 0.3) is 0 Å². The Morgan fingerprint density at radius 1 is 1.33 bits per heavy atom. The van der Waals surface area contributed by atoms with Gasteiger partial charge in [0, 0.05) is 29.1 Å². The van der Waals surface area contributed by atoms with Gasteiger partial charge < -0.3 is 15.6 Å². The molecule has 1 aromatic heterocycles. The summed E-state index contributed by atoms with van der Waals surface area (Å²) in [5.74, 6) is 0. The Hall–Kier alpha value is -1.49. The van der Waals surface area contributed by atoms with Crippen LogP contribution in [-0.4, -0.2) is 28.8 Å². The maximum atomic E-state index is 11.1. The summed E-state index contributed by atoms with van der Waals surface area (Å²) in [6, 6.07) is 9.89. The lowest BCUT2D eigenvalue weighted by atomic mass is 9.68. The van der Waals surface area contributed by atoms with Crippen LogP contribution in [0.15, 0.2) is 36.5 Å². The minimum Gasteiger partial charge on any atom is -0.388 e. The quantitative estimate of drug-likeness (QED) is 0.906. The van der Waals surface area contributed by atoms with E-state index in [0.717, 1.165) is 35.7 Å². The van der Waals surface area contributed by atoms with Gasteiger partial charge in [0.15, 0.2) is 0 Å². The molecule has 2 fully saturated rings. The number of para-hydroxylation sites is 1. The van der Waals surface area contributed by atoms with E-state index in [1.54, 1.807) is 6.20 Å². The fraction of sp³-hybridized carbons (Fsp3) is 0.471. The van der Waals surface area contributed by atoms with Gasteiger partial charge in [-0.1, -0.05) is 24.3 Å². The highest BCUT2D eigenvalue weighted by molar-refractivity contribution is 5.82. The zero-order valence-electron chi connectivity index (χ0n) is 11.9. The highest BCUT2D eigenvalue weighted by Gasteiger charge is 2.56. The molecule has 4 rings (SSSR count). The third-order valence-corrected chi connectivity index (χ3v) is 5.24. The molecule has 0 amide bonds. The van der Waals surface area contributed by atoms with E-state index in [0.29, 0.717) is 6.54 Å². The van der Waals surface area contributed by atoms with Crippen LogP contribution in [0.4, 0.5) is 0 Å². The summed E-state index contributed by atoms with van der Waals surface area (Å²) in [4.78, 5) is 4.46. The largest absolute Gasteiger partial charge is 0.388 e. The monoisotopic (exact) mass is 284 g/mol. The molecule has 0 spiro atoms. The molecule has 0 radical (unpaired) electrons. The lowest BCUT2D eigenvalue weighted by Gasteiger charge is -2.38. The Labute approximate surface area is 123 Å². The van der Waals surface area contributed by atoms with Gasteiger partial charge in [-0.25, -0.2) is 0 Å². The topological polar surface area (TPSA) is 68.4 Å². The first-order valence-corrected chi connectivity index (χ1v) is 7.62. The van der Waals surface area contributed by atoms with Crippen molar-refractivity contribution < 1.29 is 9.84 Å². The molecular formula is C17H20N2O2. The molecule has 0 aliphatic carbocycles. The molecule has 2 saturated heterocycles. The van der Waals surface area contributed by atoms with Crippen molar-refractivity contribution in [3.63, 3.8) is 0 Å². The number of nitrogens with zero attached hydrogens (tertiary/aromatic N) is 1. The van der Waals surface area contributed by atoms with E-state index in [1.165, 1.54) is 0 Å². The lowest BCUT2D eigenvalue weighted by Crippen LogP contribution is -2.44. The Morgan fingerprint density at radius 2 is 2.19 bits per heavy atom. The number of aliphatic hydroxyl groups is 1. The molecule has 4 unspecified atom stereocenters. The Morgan fingerprint density at radius 3 is 2.90 bits per heavy atom. The number of aliphatic hydroxyl groups excluding tert-OH is 1. The van der Waals surface area contributed by atoms with Crippen LogP contribution in [0.2, 0.25) is 0 Å². The van der Waals surface area contributed by atoms with Gasteiger partial charge in [0.2, 0.25) is 0 Å². The summed E-state index contributed by atoms with van der Waals surface area (Å²) in [6.45, 7) is 0.443. The van der Waals surface area contributed by atoms with Crippen molar-refractivity contribution >= 4 is 10.9 Å². The molecule has 3 N–H and O–H groups in total. The van der Waals surface area contributed by atoms with E-state index in [9.17, 15) is 5.11 Å². The first-order valence-electron chi connectivity index (χ1n) is 7.62. The predicted molar refractivity (Wildman–Crippen MR) is 80.7 cm³/mol. The first kappa shape index (κ1) is 13.2. The Balaban J connectivity index is 1.81.